The Balaban J connectivity index is 1.27. The monoisotopic (exact) mass is 556 g/mol. The molecule has 1 aliphatic heterocycles. The number of barbiturate groups is 1. The number of nitrogens with zero attached hydrogens (tertiary/aromatic N) is 1. The Hall–Kier alpha value is -4.95. The lowest BCUT2D eigenvalue weighted by molar-refractivity contribution is -0.122. The van der Waals surface area contributed by atoms with E-state index in [9.17, 15) is 18.8 Å². The maximum absolute atomic E-state index is 13.8. The van der Waals surface area contributed by atoms with Crippen molar-refractivity contribution in [2.75, 3.05) is 4.90 Å². The summed E-state index contributed by atoms with van der Waals surface area (Å²) in [5, 5.41) is 2.79. The zero-order chi connectivity index (χ0) is 28.1. The molecule has 1 fully saturated rings. The van der Waals surface area contributed by atoms with E-state index in [1.54, 1.807) is 72.8 Å². The molecule has 1 heterocycles. The number of hydrogen-bond acceptors (Lipinski definition) is 5. The van der Waals surface area contributed by atoms with Crippen LogP contribution in [0.1, 0.15) is 16.7 Å². The molecule has 0 spiro atoms. The first kappa shape index (κ1) is 26.6. The van der Waals surface area contributed by atoms with Gasteiger partial charge in [-0.25, -0.2) is 14.1 Å². The van der Waals surface area contributed by atoms with Crippen molar-refractivity contribution in [2.45, 2.75) is 13.2 Å². The Morgan fingerprint density at radius 2 is 1.32 bits per heavy atom. The summed E-state index contributed by atoms with van der Waals surface area (Å²) in [7, 11) is 0. The second-order valence-corrected chi connectivity index (χ2v) is 9.19. The molecule has 0 bridgehead atoms. The van der Waals surface area contributed by atoms with Gasteiger partial charge in [0.1, 0.15) is 36.1 Å². The first-order chi connectivity index (χ1) is 19.4. The molecule has 0 unspecified atom stereocenters. The molecule has 0 saturated carbocycles. The lowest BCUT2D eigenvalue weighted by Crippen LogP contribution is -2.54. The lowest BCUT2D eigenvalue weighted by atomic mass is 10.1. The van der Waals surface area contributed by atoms with E-state index < -0.39 is 17.8 Å². The van der Waals surface area contributed by atoms with Crippen LogP contribution >= 0.6 is 11.6 Å². The van der Waals surface area contributed by atoms with Crippen LogP contribution in [-0.2, 0) is 22.8 Å². The van der Waals surface area contributed by atoms with Crippen molar-refractivity contribution >= 4 is 41.2 Å². The Kier molecular flexibility index (Phi) is 7.89. The number of carbonyl (C=O) groups is 3. The molecule has 4 aromatic carbocycles. The van der Waals surface area contributed by atoms with Crippen molar-refractivity contribution < 1.29 is 28.2 Å². The largest absolute Gasteiger partial charge is 0.489 e. The second kappa shape index (κ2) is 11.8. The van der Waals surface area contributed by atoms with Gasteiger partial charge in [0.05, 0.1) is 5.69 Å². The fourth-order valence-electron chi connectivity index (χ4n) is 3.96. The Morgan fingerprint density at radius 1 is 0.750 bits per heavy atom. The number of rotatable bonds is 8. The topological polar surface area (TPSA) is 84.9 Å². The van der Waals surface area contributed by atoms with E-state index in [0.717, 1.165) is 10.5 Å². The standard InChI is InChI=1S/C31H22ClFN2O5/c32-27-7-3-1-5-21(27)18-39-25-15-11-23(12-16-25)35-30(37)26(29(36)34-31(35)38)17-20-9-13-24(14-10-20)40-19-22-6-2-4-8-28(22)33/h1-17H,18-19H2,(H,34,36,38)/b26-17+. The molecule has 0 aromatic heterocycles. The van der Waals surface area contributed by atoms with E-state index in [0.29, 0.717) is 27.6 Å². The molecule has 1 aliphatic rings. The number of anilines is 1. The van der Waals surface area contributed by atoms with Gasteiger partial charge in [0.15, 0.2) is 0 Å². The summed E-state index contributed by atoms with van der Waals surface area (Å²) in [6, 6.07) is 25.7. The third-order valence-corrected chi connectivity index (χ3v) is 6.46. The van der Waals surface area contributed by atoms with E-state index in [1.165, 1.54) is 12.1 Å². The minimum Gasteiger partial charge on any atom is -0.489 e. The highest BCUT2D eigenvalue weighted by molar-refractivity contribution is 6.39. The van der Waals surface area contributed by atoms with Gasteiger partial charge in [-0.1, -0.05) is 60.1 Å². The average Bonchev–Trinajstić information content (AvgIpc) is 2.96. The highest BCUT2D eigenvalue weighted by Crippen LogP contribution is 2.26. The Morgan fingerprint density at radius 3 is 1.98 bits per heavy atom. The van der Waals surface area contributed by atoms with E-state index in [4.69, 9.17) is 21.1 Å². The predicted octanol–water partition coefficient (Wildman–Crippen LogP) is 6.30. The molecule has 0 aliphatic carbocycles. The molecule has 1 N–H and O–H groups in total. The number of imide groups is 2. The molecular weight excluding hydrogens is 535 g/mol. The molecule has 1 saturated heterocycles. The van der Waals surface area contributed by atoms with Gasteiger partial charge in [-0.2, -0.15) is 0 Å². The lowest BCUT2D eigenvalue weighted by Gasteiger charge is -2.26. The summed E-state index contributed by atoms with van der Waals surface area (Å²) < 4.78 is 25.2. The van der Waals surface area contributed by atoms with Crippen molar-refractivity contribution in [1.29, 1.82) is 0 Å². The first-order valence-corrected chi connectivity index (χ1v) is 12.6. The van der Waals surface area contributed by atoms with E-state index in [1.807, 2.05) is 18.2 Å². The highest BCUT2D eigenvalue weighted by atomic mass is 35.5. The molecule has 40 heavy (non-hydrogen) atoms. The number of halogens is 2. The molecule has 5 rings (SSSR count). The quantitative estimate of drug-likeness (QED) is 0.203. The second-order valence-electron chi connectivity index (χ2n) is 8.78. The Labute approximate surface area is 234 Å². The number of benzene rings is 4. The predicted molar refractivity (Wildman–Crippen MR) is 148 cm³/mol. The summed E-state index contributed by atoms with van der Waals surface area (Å²) in [5.41, 5.74) is 1.83. The summed E-state index contributed by atoms with van der Waals surface area (Å²) in [6.45, 7) is 0.297. The number of ether oxygens (including phenoxy) is 2. The molecule has 0 radical (unpaired) electrons. The molecule has 4 amide bonds. The summed E-state index contributed by atoms with van der Waals surface area (Å²) in [6.07, 6.45) is 1.39. The molecule has 0 atom stereocenters. The number of hydrogen-bond donors (Lipinski definition) is 1. The van der Waals surface area contributed by atoms with Gasteiger partial charge in [-0.05, 0) is 60.2 Å². The van der Waals surface area contributed by atoms with Crippen LogP contribution in [0.15, 0.2) is 103 Å². The summed E-state index contributed by atoms with van der Waals surface area (Å²) in [5.74, 6) is -0.926. The van der Waals surface area contributed by atoms with Gasteiger partial charge in [-0.3, -0.25) is 14.9 Å². The minimum atomic E-state index is -0.853. The van der Waals surface area contributed by atoms with Crippen molar-refractivity contribution in [3.63, 3.8) is 0 Å². The Bertz CT molecular complexity index is 1600. The van der Waals surface area contributed by atoms with Crippen LogP contribution in [-0.4, -0.2) is 17.8 Å². The van der Waals surface area contributed by atoms with E-state index in [2.05, 4.69) is 5.32 Å². The van der Waals surface area contributed by atoms with Gasteiger partial charge >= 0.3 is 6.03 Å². The maximum Gasteiger partial charge on any atom is 0.335 e. The van der Waals surface area contributed by atoms with Crippen LogP contribution in [0, 0.1) is 5.82 Å². The van der Waals surface area contributed by atoms with Crippen molar-refractivity contribution in [1.82, 2.24) is 5.32 Å². The average molecular weight is 557 g/mol. The van der Waals surface area contributed by atoms with Crippen LogP contribution in [0.2, 0.25) is 5.02 Å². The van der Waals surface area contributed by atoms with Crippen LogP contribution in [0.25, 0.3) is 6.08 Å². The maximum atomic E-state index is 13.8. The van der Waals surface area contributed by atoms with E-state index in [-0.39, 0.29) is 30.3 Å². The van der Waals surface area contributed by atoms with Gasteiger partial charge in [0.2, 0.25) is 0 Å². The number of carbonyl (C=O) groups excluding carboxylic acids is 3. The fraction of sp³-hybridized carbons (Fsp3) is 0.0645. The van der Waals surface area contributed by atoms with Gasteiger partial charge in [0.25, 0.3) is 11.8 Å². The molecule has 200 valence electrons. The fourth-order valence-corrected chi connectivity index (χ4v) is 4.15. The van der Waals surface area contributed by atoms with E-state index >= 15 is 0 Å². The summed E-state index contributed by atoms with van der Waals surface area (Å²) in [4.78, 5) is 39.2. The van der Waals surface area contributed by atoms with Crippen LogP contribution in [0.5, 0.6) is 11.5 Å². The first-order valence-electron chi connectivity index (χ1n) is 12.2. The third kappa shape index (κ3) is 6.03. The molecular formula is C31H22ClFN2O5. The SMILES string of the molecule is O=C1NC(=O)N(c2ccc(OCc3ccccc3Cl)cc2)C(=O)/C1=C/c1ccc(OCc2ccccc2F)cc1. The van der Waals surface area contributed by atoms with Crippen molar-refractivity contribution in [3.8, 4) is 11.5 Å². The van der Waals surface area contributed by atoms with Crippen LogP contribution in [0.3, 0.4) is 0 Å². The van der Waals surface area contributed by atoms with Crippen molar-refractivity contribution in [3.05, 3.63) is 130 Å². The number of urea groups is 1. The number of amides is 4. The summed E-state index contributed by atoms with van der Waals surface area (Å²) >= 11 is 6.16. The molecule has 7 nitrogen and oxygen atoms in total. The molecule has 9 heteroatoms. The van der Waals surface area contributed by atoms with Crippen LogP contribution in [0.4, 0.5) is 14.9 Å². The zero-order valence-electron chi connectivity index (χ0n) is 21.0. The van der Waals surface area contributed by atoms with Gasteiger partial charge in [0, 0.05) is 16.1 Å². The highest BCUT2D eigenvalue weighted by Gasteiger charge is 2.36. The van der Waals surface area contributed by atoms with Crippen LogP contribution < -0.4 is 19.7 Å². The number of nitrogens with one attached hydrogen (secondary N) is 1. The minimum absolute atomic E-state index is 0.0505. The molecule has 4 aromatic rings. The smallest absolute Gasteiger partial charge is 0.335 e. The van der Waals surface area contributed by atoms with Crippen molar-refractivity contribution in [2.24, 2.45) is 0 Å². The normalized spacial score (nSPS) is 14.3. The van der Waals surface area contributed by atoms with Gasteiger partial charge < -0.3 is 9.47 Å². The zero-order valence-corrected chi connectivity index (χ0v) is 21.7. The third-order valence-electron chi connectivity index (χ3n) is 6.09. The van der Waals surface area contributed by atoms with Gasteiger partial charge in [-0.15, -0.1) is 0 Å².